The topological polar surface area (TPSA) is 59.6 Å². The van der Waals surface area contributed by atoms with Crippen LogP contribution in [0.2, 0.25) is 0 Å². The first-order chi connectivity index (χ1) is 12.3. The zero-order valence-corrected chi connectivity index (χ0v) is 15.8. The average Bonchev–Trinajstić information content (AvgIpc) is 3.07. The number of hydrogen-bond donors (Lipinski definition) is 2. The smallest absolute Gasteiger partial charge is 0.315 e. The van der Waals surface area contributed by atoms with Crippen LogP contribution in [0.4, 0.5) is 4.79 Å². The van der Waals surface area contributed by atoms with Crippen LogP contribution in [0.25, 0.3) is 0 Å². The van der Waals surface area contributed by atoms with Gasteiger partial charge < -0.3 is 20.1 Å². The molecule has 0 radical (unpaired) electrons. The van der Waals surface area contributed by atoms with Gasteiger partial charge in [0.1, 0.15) is 0 Å². The summed E-state index contributed by atoms with van der Waals surface area (Å²) < 4.78 is 10.6. The fraction of sp³-hybridized carbons (Fsp3) is 0.381. The number of fused-ring (bicyclic) bond motifs is 1. The van der Waals surface area contributed by atoms with Crippen molar-refractivity contribution in [2.24, 2.45) is 0 Å². The monoisotopic (exact) mass is 354 g/mol. The number of carbonyl (C=O) groups excluding carboxylic acids is 1. The van der Waals surface area contributed by atoms with Gasteiger partial charge in [-0.3, -0.25) is 0 Å². The van der Waals surface area contributed by atoms with Crippen LogP contribution in [-0.2, 0) is 12.0 Å². The molecule has 0 saturated carbocycles. The number of amides is 2. The van der Waals surface area contributed by atoms with Crippen LogP contribution < -0.4 is 20.1 Å². The summed E-state index contributed by atoms with van der Waals surface area (Å²) in [7, 11) is 0. The van der Waals surface area contributed by atoms with Gasteiger partial charge in [0, 0.05) is 6.54 Å². The Morgan fingerprint density at radius 2 is 1.77 bits per heavy atom. The Hall–Kier alpha value is -2.69. The average molecular weight is 354 g/mol. The van der Waals surface area contributed by atoms with E-state index in [1.807, 2.05) is 25.1 Å². The number of rotatable bonds is 4. The van der Waals surface area contributed by atoms with Crippen LogP contribution in [0.15, 0.2) is 42.5 Å². The molecule has 1 aliphatic heterocycles. The Morgan fingerprint density at radius 3 is 2.46 bits per heavy atom. The van der Waals surface area contributed by atoms with E-state index >= 15 is 0 Å². The molecule has 0 aromatic heterocycles. The quantitative estimate of drug-likeness (QED) is 0.862. The summed E-state index contributed by atoms with van der Waals surface area (Å²) in [6, 6.07) is 13.8. The van der Waals surface area contributed by atoms with Gasteiger partial charge in [-0.15, -0.1) is 0 Å². The van der Waals surface area contributed by atoms with E-state index in [9.17, 15) is 4.79 Å². The number of hydrogen-bond acceptors (Lipinski definition) is 3. The van der Waals surface area contributed by atoms with Crippen molar-refractivity contribution in [3.05, 3.63) is 59.2 Å². The van der Waals surface area contributed by atoms with E-state index in [0.29, 0.717) is 6.54 Å². The molecule has 5 heteroatoms. The highest BCUT2D eigenvalue weighted by Crippen LogP contribution is 2.32. The van der Waals surface area contributed by atoms with Gasteiger partial charge in [0.05, 0.1) is 6.04 Å². The molecule has 2 amide bonds. The van der Waals surface area contributed by atoms with Gasteiger partial charge >= 0.3 is 6.03 Å². The predicted octanol–water partition coefficient (Wildman–Crippen LogP) is 4.27. The van der Waals surface area contributed by atoms with Crippen LogP contribution in [0.3, 0.4) is 0 Å². The summed E-state index contributed by atoms with van der Waals surface area (Å²) in [4.78, 5) is 12.2. The standard InChI is InChI=1S/C21H26N2O3/c1-14(16-6-8-17(9-7-16)21(2,3)4)23-20(24)22-12-15-5-10-18-19(11-15)26-13-25-18/h5-11,14H,12-13H2,1-4H3,(H2,22,23,24). The van der Waals surface area contributed by atoms with E-state index in [-0.39, 0.29) is 24.3 Å². The van der Waals surface area contributed by atoms with Gasteiger partial charge in [-0.05, 0) is 41.2 Å². The zero-order valence-electron chi connectivity index (χ0n) is 15.8. The highest BCUT2D eigenvalue weighted by Gasteiger charge is 2.16. The van der Waals surface area contributed by atoms with Crippen molar-refractivity contribution >= 4 is 6.03 Å². The Kier molecular flexibility index (Phi) is 5.07. The minimum Gasteiger partial charge on any atom is -0.454 e. The molecule has 1 atom stereocenters. The molecule has 26 heavy (non-hydrogen) atoms. The molecule has 0 fully saturated rings. The van der Waals surface area contributed by atoms with Crippen molar-refractivity contribution < 1.29 is 14.3 Å². The number of benzene rings is 2. The maximum absolute atomic E-state index is 12.2. The molecule has 1 aliphatic rings. The summed E-state index contributed by atoms with van der Waals surface area (Å²) in [5.74, 6) is 1.46. The van der Waals surface area contributed by atoms with Gasteiger partial charge in [-0.25, -0.2) is 4.79 Å². The van der Waals surface area contributed by atoms with Crippen molar-refractivity contribution in [3.8, 4) is 11.5 Å². The van der Waals surface area contributed by atoms with E-state index in [0.717, 1.165) is 22.6 Å². The van der Waals surface area contributed by atoms with Crippen molar-refractivity contribution in [1.29, 1.82) is 0 Å². The zero-order chi connectivity index (χ0) is 18.7. The number of ether oxygens (including phenoxy) is 2. The highest BCUT2D eigenvalue weighted by atomic mass is 16.7. The predicted molar refractivity (Wildman–Crippen MR) is 101 cm³/mol. The van der Waals surface area contributed by atoms with Crippen LogP contribution in [-0.4, -0.2) is 12.8 Å². The van der Waals surface area contributed by atoms with E-state index in [4.69, 9.17) is 9.47 Å². The van der Waals surface area contributed by atoms with Gasteiger partial charge in [0.2, 0.25) is 6.79 Å². The van der Waals surface area contributed by atoms with Crippen LogP contribution in [0.1, 0.15) is 50.4 Å². The maximum atomic E-state index is 12.2. The van der Waals surface area contributed by atoms with Crippen LogP contribution in [0, 0.1) is 0 Å². The minimum atomic E-state index is -0.199. The molecule has 138 valence electrons. The second kappa shape index (κ2) is 7.28. The molecule has 0 saturated heterocycles. The molecule has 0 spiro atoms. The van der Waals surface area contributed by atoms with Gasteiger partial charge in [0.15, 0.2) is 11.5 Å². The normalized spacial score (nSPS) is 14.0. The molecule has 0 aliphatic carbocycles. The number of urea groups is 1. The molecule has 5 nitrogen and oxygen atoms in total. The third-order valence-electron chi connectivity index (χ3n) is 4.51. The van der Waals surface area contributed by atoms with Crippen molar-refractivity contribution in [2.45, 2.75) is 45.7 Å². The highest BCUT2D eigenvalue weighted by molar-refractivity contribution is 5.74. The first kappa shape index (κ1) is 18.1. The second-order valence-corrected chi connectivity index (χ2v) is 7.61. The molecular formula is C21H26N2O3. The van der Waals surface area contributed by atoms with Crippen LogP contribution >= 0.6 is 0 Å². The van der Waals surface area contributed by atoms with E-state index in [1.165, 1.54) is 5.56 Å². The van der Waals surface area contributed by atoms with E-state index < -0.39 is 0 Å². The van der Waals surface area contributed by atoms with Gasteiger partial charge in [-0.1, -0.05) is 51.1 Å². The lowest BCUT2D eigenvalue weighted by Crippen LogP contribution is -2.36. The largest absolute Gasteiger partial charge is 0.454 e. The van der Waals surface area contributed by atoms with Crippen molar-refractivity contribution in [1.82, 2.24) is 10.6 Å². The second-order valence-electron chi connectivity index (χ2n) is 7.61. The van der Waals surface area contributed by atoms with Gasteiger partial charge in [0.25, 0.3) is 0 Å². The van der Waals surface area contributed by atoms with E-state index in [2.05, 4.69) is 55.7 Å². The number of carbonyl (C=O) groups is 1. The molecule has 1 heterocycles. The molecule has 2 N–H and O–H groups in total. The summed E-state index contributed by atoms with van der Waals surface area (Å²) in [6.45, 7) is 9.22. The summed E-state index contributed by atoms with van der Waals surface area (Å²) in [6.07, 6.45) is 0. The molecule has 1 unspecified atom stereocenters. The third kappa shape index (κ3) is 4.28. The molecule has 2 aromatic rings. The Morgan fingerprint density at radius 1 is 1.08 bits per heavy atom. The third-order valence-corrected chi connectivity index (χ3v) is 4.51. The van der Waals surface area contributed by atoms with Crippen LogP contribution in [0.5, 0.6) is 11.5 Å². The lowest BCUT2D eigenvalue weighted by Gasteiger charge is -2.21. The summed E-state index contributed by atoms with van der Waals surface area (Å²) in [5, 5.41) is 5.85. The van der Waals surface area contributed by atoms with Crippen molar-refractivity contribution in [3.63, 3.8) is 0 Å². The fourth-order valence-corrected chi connectivity index (χ4v) is 2.84. The fourth-order valence-electron chi connectivity index (χ4n) is 2.84. The first-order valence-corrected chi connectivity index (χ1v) is 8.86. The molecule has 3 rings (SSSR count). The Labute approximate surface area is 154 Å². The Balaban J connectivity index is 1.52. The molecule has 0 bridgehead atoms. The number of nitrogens with one attached hydrogen (secondary N) is 2. The summed E-state index contributed by atoms with van der Waals surface area (Å²) >= 11 is 0. The molecule has 2 aromatic carbocycles. The minimum absolute atomic E-state index is 0.0687. The maximum Gasteiger partial charge on any atom is 0.315 e. The van der Waals surface area contributed by atoms with Gasteiger partial charge in [-0.2, -0.15) is 0 Å². The lowest BCUT2D eigenvalue weighted by molar-refractivity contribution is 0.174. The molecular weight excluding hydrogens is 328 g/mol. The summed E-state index contributed by atoms with van der Waals surface area (Å²) in [5.41, 5.74) is 3.44. The Bertz CT molecular complexity index is 779. The lowest BCUT2D eigenvalue weighted by atomic mass is 9.86. The van der Waals surface area contributed by atoms with Crippen molar-refractivity contribution in [2.75, 3.05) is 6.79 Å². The first-order valence-electron chi connectivity index (χ1n) is 8.86. The SMILES string of the molecule is CC(NC(=O)NCc1ccc2c(c1)OCO2)c1ccc(C(C)(C)C)cc1. The van der Waals surface area contributed by atoms with E-state index in [1.54, 1.807) is 0 Å².